The van der Waals surface area contributed by atoms with Gasteiger partial charge in [0.1, 0.15) is 0 Å². The van der Waals surface area contributed by atoms with Gasteiger partial charge in [0.05, 0.1) is 6.61 Å². The highest BCUT2D eigenvalue weighted by Crippen LogP contribution is 2.48. The summed E-state index contributed by atoms with van der Waals surface area (Å²) in [5.41, 5.74) is 6.27. The van der Waals surface area contributed by atoms with E-state index >= 15 is 0 Å². The van der Waals surface area contributed by atoms with E-state index in [2.05, 4.69) is 0 Å². The topological polar surface area (TPSA) is 95.9 Å². The molecule has 0 aliphatic carbocycles. The maximum Gasteiger partial charge on any atom is 0.204 e. The number of ether oxygens (including phenoxy) is 1. The normalized spacial score (nSPS) is 19.9. The van der Waals surface area contributed by atoms with Gasteiger partial charge in [0.25, 0.3) is 0 Å². The number of benzene rings is 1. The van der Waals surface area contributed by atoms with Crippen molar-refractivity contribution in [2.45, 2.75) is 12.5 Å². The third-order valence-corrected chi connectivity index (χ3v) is 2.31. The number of rotatable bonds is 0. The Bertz CT molecular complexity index is 378. The summed E-state index contributed by atoms with van der Waals surface area (Å²) >= 11 is 0. The lowest BCUT2D eigenvalue weighted by Gasteiger charge is -2.24. The zero-order chi connectivity index (χ0) is 10.3. The first kappa shape index (κ1) is 8.96. The Morgan fingerprint density at radius 1 is 1.29 bits per heavy atom. The molecule has 1 aliphatic heterocycles. The van der Waals surface area contributed by atoms with Gasteiger partial charge in [0.15, 0.2) is 11.5 Å². The van der Waals surface area contributed by atoms with Crippen LogP contribution in [0.25, 0.3) is 0 Å². The van der Waals surface area contributed by atoms with Gasteiger partial charge in [-0.25, -0.2) is 0 Å². The van der Waals surface area contributed by atoms with Gasteiger partial charge in [-0.2, -0.15) is 0 Å². The molecule has 1 aromatic carbocycles. The fraction of sp³-hybridized carbons (Fsp3) is 0.333. The van der Waals surface area contributed by atoms with Gasteiger partial charge in [0, 0.05) is 18.0 Å². The largest absolute Gasteiger partial charge is 0.504 e. The summed E-state index contributed by atoms with van der Waals surface area (Å²) in [6.07, 6.45) is 0.622. The molecule has 1 heterocycles. The van der Waals surface area contributed by atoms with Crippen LogP contribution in [0.1, 0.15) is 18.0 Å². The monoisotopic (exact) mass is 197 g/mol. The van der Waals surface area contributed by atoms with Crippen LogP contribution in [0.3, 0.4) is 0 Å². The van der Waals surface area contributed by atoms with E-state index in [4.69, 9.17) is 10.5 Å². The van der Waals surface area contributed by atoms with E-state index < -0.39 is 11.5 Å². The summed E-state index contributed by atoms with van der Waals surface area (Å²) in [5.74, 6) is -1.24. The van der Waals surface area contributed by atoms with Crippen LogP contribution in [-0.4, -0.2) is 21.9 Å². The highest BCUT2D eigenvalue weighted by Gasteiger charge is 2.25. The van der Waals surface area contributed by atoms with Gasteiger partial charge >= 0.3 is 0 Å². The van der Waals surface area contributed by atoms with Crippen molar-refractivity contribution in [3.05, 3.63) is 11.6 Å². The summed E-state index contributed by atoms with van der Waals surface area (Å²) in [4.78, 5) is 0. The van der Waals surface area contributed by atoms with E-state index in [1.165, 1.54) is 6.07 Å². The highest BCUT2D eigenvalue weighted by atomic mass is 16.5. The van der Waals surface area contributed by atoms with Crippen LogP contribution in [0.15, 0.2) is 6.07 Å². The first-order valence-corrected chi connectivity index (χ1v) is 4.27. The van der Waals surface area contributed by atoms with Crippen molar-refractivity contribution in [1.29, 1.82) is 0 Å². The summed E-state index contributed by atoms with van der Waals surface area (Å²) in [5, 5.41) is 27.9. The van der Waals surface area contributed by atoms with E-state index in [-0.39, 0.29) is 17.5 Å². The van der Waals surface area contributed by atoms with Crippen molar-refractivity contribution in [1.82, 2.24) is 0 Å². The van der Waals surface area contributed by atoms with Crippen molar-refractivity contribution in [2.75, 3.05) is 6.61 Å². The Balaban J connectivity index is 2.63. The first-order valence-electron chi connectivity index (χ1n) is 4.27. The molecule has 0 radical (unpaired) electrons. The lowest BCUT2D eigenvalue weighted by molar-refractivity contribution is 0.248. The van der Waals surface area contributed by atoms with Crippen LogP contribution in [0, 0.1) is 0 Å². The van der Waals surface area contributed by atoms with Gasteiger partial charge in [0.2, 0.25) is 11.5 Å². The molecule has 0 saturated heterocycles. The molecule has 0 amide bonds. The molecule has 1 aliphatic rings. The summed E-state index contributed by atoms with van der Waals surface area (Å²) in [7, 11) is 0. The molecule has 2 rings (SSSR count). The van der Waals surface area contributed by atoms with Gasteiger partial charge in [-0.1, -0.05) is 0 Å². The van der Waals surface area contributed by atoms with E-state index in [0.717, 1.165) is 0 Å². The minimum absolute atomic E-state index is 0.166. The van der Waals surface area contributed by atoms with Gasteiger partial charge in [-0.15, -0.1) is 0 Å². The maximum absolute atomic E-state index is 9.45. The smallest absolute Gasteiger partial charge is 0.204 e. The van der Waals surface area contributed by atoms with Crippen LogP contribution in [0.4, 0.5) is 0 Å². The minimum Gasteiger partial charge on any atom is -0.504 e. The molecular formula is C9H11NO4. The van der Waals surface area contributed by atoms with Crippen LogP contribution >= 0.6 is 0 Å². The maximum atomic E-state index is 9.45. The van der Waals surface area contributed by atoms with Gasteiger partial charge in [-0.3, -0.25) is 0 Å². The number of aromatic hydroxyl groups is 3. The molecule has 0 bridgehead atoms. The molecule has 76 valence electrons. The third kappa shape index (κ3) is 1.13. The summed E-state index contributed by atoms with van der Waals surface area (Å²) in [6.45, 7) is 0.395. The van der Waals surface area contributed by atoms with Crippen molar-refractivity contribution >= 4 is 0 Å². The molecule has 0 fully saturated rings. The second-order valence-corrected chi connectivity index (χ2v) is 3.25. The second-order valence-electron chi connectivity index (χ2n) is 3.25. The van der Waals surface area contributed by atoms with Crippen LogP contribution in [0.2, 0.25) is 0 Å². The van der Waals surface area contributed by atoms with Gasteiger partial charge in [-0.05, 0) is 6.07 Å². The first-order chi connectivity index (χ1) is 6.61. The zero-order valence-electron chi connectivity index (χ0n) is 7.40. The van der Waals surface area contributed by atoms with E-state index in [0.29, 0.717) is 18.6 Å². The molecule has 1 atom stereocenters. The Morgan fingerprint density at radius 2 is 2.00 bits per heavy atom. The summed E-state index contributed by atoms with van der Waals surface area (Å²) < 4.78 is 5.16. The van der Waals surface area contributed by atoms with E-state index in [9.17, 15) is 15.3 Å². The molecule has 5 heteroatoms. The van der Waals surface area contributed by atoms with Crippen LogP contribution in [0.5, 0.6) is 23.0 Å². The molecule has 0 spiro atoms. The van der Waals surface area contributed by atoms with Crippen molar-refractivity contribution in [2.24, 2.45) is 5.73 Å². The minimum atomic E-state index is -0.571. The lowest BCUT2D eigenvalue weighted by atomic mass is 10.00. The quantitative estimate of drug-likeness (QED) is 0.456. The number of fused-ring (bicyclic) bond motifs is 1. The lowest BCUT2D eigenvalue weighted by Crippen LogP contribution is -2.20. The van der Waals surface area contributed by atoms with Crippen molar-refractivity contribution in [3.8, 4) is 23.0 Å². The fourth-order valence-corrected chi connectivity index (χ4v) is 1.52. The molecule has 1 unspecified atom stereocenters. The summed E-state index contributed by atoms with van der Waals surface area (Å²) in [6, 6.07) is 1.03. The molecule has 0 aromatic heterocycles. The molecular weight excluding hydrogens is 186 g/mol. The average molecular weight is 197 g/mol. The van der Waals surface area contributed by atoms with Crippen LogP contribution in [-0.2, 0) is 0 Å². The molecule has 14 heavy (non-hydrogen) atoms. The SMILES string of the molecule is NC1CCOc2c1cc(O)c(O)c2O. The predicted octanol–water partition coefficient (Wildman–Crippen LogP) is 0.586. The number of hydrogen-bond acceptors (Lipinski definition) is 5. The fourth-order valence-electron chi connectivity index (χ4n) is 1.52. The van der Waals surface area contributed by atoms with Crippen molar-refractivity contribution in [3.63, 3.8) is 0 Å². The van der Waals surface area contributed by atoms with E-state index in [1.54, 1.807) is 0 Å². The molecule has 5 N–H and O–H groups in total. The number of phenols is 3. The molecule has 5 nitrogen and oxygen atoms in total. The Labute approximate surface area is 80.4 Å². The Morgan fingerprint density at radius 3 is 2.71 bits per heavy atom. The van der Waals surface area contributed by atoms with Crippen LogP contribution < -0.4 is 10.5 Å². The van der Waals surface area contributed by atoms with E-state index in [1.807, 2.05) is 0 Å². The van der Waals surface area contributed by atoms with Gasteiger partial charge < -0.3 is 25.8 Å². The Hall–Kier alpha value is -1.62. The Kier molecular flexibility index (Phi) is 1.89. The van der Waals surface area contributed by atoms with Crippen molar-refractivity contribution < 1.29 is 20.1 Å². The highest BCUT2D eigenvalue weighted by molar-refractivity contribution is 5.61. The average Bonchev–Trinajstić information content (AvgIpc) is 2.17. The third-order valence-electron chi connectivity index (χ3n) is 2.31. The predicted molar refractivity (Wildman–Crippen MR) is 48.5 cm³/mol. The number of nitrogens with two attached hydrogens (primary N) is 1. The molecule has 0 saturated carbocycles. The second kappa shape index (κ2) is 2.95. The number of hydrogen-bond donors (Lipinski definition) is 4. The number of phenolic OH excluding ortho intramolecular Hbond substituents is 3. The zero-order valence-corrected chi connectivity index (χ0v) is 7.40. The molecule has 1 aromatic rings. The standard InChI is InChI=1S/C9H11NO4/c10-5-1-2-14-9-4(5)3-6(11)7(12)8(9)13/h3,5,11-13H,1-2,10H2.